The number of carbonyl (C=O) groups excluding carboxylic acids is 2. The quantitative estimate of drug-likeness (QED) is 0.607. The van der Waals surface area contributed by atoms with Crippen LogP contribution in [0.25, 0.3) is 0 Å². The van der Waals surface area contributed by atoms with Gasteiger partial charge in [0.2, 0.25) is 11.7 Å². The number of primary amides is 1. The van der Waals surface area contributed by atoms with E-state index in [4.69, 9.17) is 10.5 Å². The Balaban J connectivity index is 1.98. The molecule has 0 aliphatic carbocycles. The van der Waals surface area contributed by atoms with Crippen molar-refractivity contribution in [3.8, 4) is 5.75 Å². The predicted octanol–water partition coefficient (Wildman–Crippen LogP) is 1.41. The Morgan fingerprint density at radius 1 is 1.25 bits per heavy atom. The number of ether oxygens (including phenoxy) is 1. The third kappa shape index (κ3) is 4.26. The van der Waals surface area contributed by atoms with Crippen molar-refractivity contribution in [2.45, 2.75) is 6.92 Å². The van der Waals surface area contributed by atoms with Gasteiger partial charge in [-0.25, -0.2) is 0 Å². The van der Waals surface area contributed by atoms with Crippen LogP contribution < -0.4 is 15.8 Å². The van der Waals surface area contributed by atoms with E-state index in [2.05, 4.69) is 10.3 Å². The number of nitrogens with two attached hydrogens (primary N) is 1. The summed E-state index contributed by atoms with van der Waals surface area (Å²) in [5, 5.41) is 13.5. The van der Waals surface area contributed by atoms with Crippen molar-refractivity contribution < 1.29 is 19.2 Å². The first kappa shape index (κ1) is 16.9. The van der Waals surface area contributed by atoms with Gasteiger partial charge in [-0.15, -0.1) is 0 Å². The molecule has 1 aromatic carbocycles. The minimum atomic E-state index is -0.678. The number of aromatic nitrogens is 1. The third-order valence-electron chi connectivity index (χ3n) is 2.96. The maximum Gasteiger partial charge on any atom is 0.406 e. The van der Waals surface area contributed by atoms with Gasteiger partial charge in [0.15, 0.2) is 6.61 Å². The first-order valence-electron chi connectivity index (χ1n) is 6.81. The standard InChI is InChI=1S/C15H14N4O5/c1-9-2-7-12(15(17-9)19(22)23)24-8-13(20)18-11-5-3-10(4-6-11)14(16)21/h2-7H,8H2,1H3,(H2,16,21)(H,18,20). The summed E-state index contributed by atoms with van der Waals surface area (Å²) in [6.45, 7) is 1.18. The van der Waals surface area contributed by atoms with E-state index in [1.807, 2.05) is 0 Å². The zero-order valence-corrected chi connectivity index (χ0v) is 12.7. The van der Waals surface area contributed by atoms with Gasteiger partial charge in [0.1, 0.15) is 5.69 Å². The summed E-state index contributed by atoms with van der Waals surface area (Å²) in [5.74, 6) is -1.63. The second-order valence-electron chi connectivity index (χ2n) is 4.81. The van der Waals surface area contributed by atoms with Crippen molar-refractivity contribution in [3.63, 3.8) is 0 Å². The summed E-state index contributed by atoms with van der Waals surface area (Å²) >= 11 is 0. The minimum Gasteiger partial charge on any atom is -0.476 e. The second kappa shape index (κ2) is 7.18. The van der Waals surface area contributed by atoms with Crippen LogP contribution in [0, 0.1) is 17.0 Å². The highest BCUT2D eigenvalue weighted by atomic mass is 16.6. The smallest absolute Gasteiger partial charge is 0.406 e. The molecule has 0 fully saturated rings. The zero-order chi connectivity index (χ0) is 17.7. The lowest BCUT2D eigenvalue weighted by atomic mass is 10.2. The molecule has 2 rings (SSSR count). The first-order valence-corrected chi connectivity index (χ1v) is 6.81. The fourth-order valence-electron chi connectivity index (χ4n) is 1.83. The Kier molecular flexibility index (Phi) is 5.05. The van der Waals surface area contributed by atoms with Gasteiger partial charge >= 0.3 is 5.82 Å². The molecule has 2 amide bonds. The highest BCUT2D eigenvalue weighted by Gasteiger charge is 2.18. The second-order valence-corrected chi connectivity index (χ2v) is 4.81. The van der Waals surface area contributed by atoms with Gasteiger partial charge < -0.3 is 25.9 Å². The Morgan fingerprint density at radius 3 is 2.50 bits per heavy atom. The molecule has 0 saturated carbocycles. The number of hydrogen-bond donors (Lipinski definition) is 2. The molecule has 124 valence electrons. The molecule has 2 aromatic rings. The predicted molar refractivity (Wildman–Crippen MR) is 84.7 cm³/mol. The summed E-state index contributed by atoms with van der Waals surface area (Å²) in [4.78, 5) is 36.8. The van der Waals surface area contributed by atoms with Crippen LogP contribution in [0.2, 0.25) is 0 Å². The average Bonchev–Trinajstić information content (AvgIpc) is 2.54. The van der Waals surface area contributed by atoms with E-state index < -0.39 is 29.2 Å². The molecule has 0 atom stereocenters. The fourth-order valence-corrected chi connectivity index (χ4v) is 1.83. The number of nitro groups is 1. The lowest BCUT2D eigenvalue weighted by Crippen LogP contribution is -2.20. The molecular weight excluding hydrogens is 316 g/mol. The van der Waals surface area contributed by atoms with Crippen molar-refractivity contribution >= 4 is 23.3 Å². The number of aryl methyl sites for hydroxylation is 1. The molecule has 1 heterocycles. The molecule has 3 N–H and O–H groups in total. The number of nitrogens with zero attached hydrogens (tertiary/aromatic N) is 2. The van der Waals surface area contributed by atoms with E-state index in [1.165, 1.54) is 30.3 Å². The van der Waals surface area contributed by atoms with Crippen molar-refractivity contribution in [3.05, 3.63) is 57.8 Å². The summed E-state index contributed by atoms with van der Waals surface area (Å²) in [6.07, 6.45) is 0. The van der Waals surface area contributed by atoms with Crippen LogP contribution in [0.3, 0.4) is 0 Å². The van der Waals surface area contributed by atoms with E-state index in [1.54, 1.807) is 13.0 Å². The summed E-state index contributed by atoms with van der Waals surface area (Å²) in [7, 11) is 0. The maximum atomic E-state index is 11.8. The number of amides is 2. The van der Waals surface area contributed by atoms with E-state index in [-0.39, 0.29) is 5.75 Å². The summed E-state index contributed by atoms with van der Waals surface area (Å²) in [6, 6.07) is 8.88. The van der Waals surface area contributed by atoms with E-state index in [0.717, 1.165) is 0 Å². The van der Waals surface area contributed by atoms with Crippen LogP contribution in [-0.4, -0.2) is 28.3 Å². The Hall–Kier alpha value is -3.49. The molecule has 0 aliphatic rings. The molecule has 0 spiro atoms. The molecule has 0 radical (unpaired) electrons. The summed E-state index contributed by atoms with van der Waals surface area (Å²) < 4.78 is 5.16. The average molecular weight is 330 g/mol. The van der Waals surface area contributed by atoms with Gasteiger partial charge in [-0.05, 0) is 46.3 Å². The van der Waals surface area contributed by atoms with E-state index in [0.29, 0.717) is 16.9 Å². The van der Waals surface area contributed by atoms with Crippen LogP contribution in [0.4, 0.5) is 11.5 Å². The Bertz CT molecular complexity index is 789. The van der Waals surface area contributed by atoms with E-state index >= 15 is 0 Å². The molecule has 0 aliphatic heterocycles. The van der Waals surface area contributed by atoms with Gasteiger partial charge in [-0.1, -0.05) is 0 Å². The lowest BCUT2D eigenvalue weighted by Gasteiger charge is -2.08. The summed E-state index contributed by atoms with van der Waals surface area (Å²) in [5.41, 5.74) is 6.33. The van der Waals surface area contributed by atoms with Gasteiger partial charge in [-0.2, -0.15) is 0 Å². The Morgan fingerprint density at radius 2 is 1.92 bits per heavy atom. The van der Waals surface area contributed by atoms with Crippen LogP contribution in [-0.2, 0) is 4.79 Å². The number of pyridine rings is 1. The fraction of sp³-hybridized carbons (Fsp3) is 0.133. The normalized spacial score (nSPS) is 10.0. The van der Waals surface area contributed by atoms with Crippen LogP contribution in [0.1, 0.15) is 16.1 Å². The van der Waals surface area contributed by atoms with Gasteiger partial charge in [-0.3, -0.25) is 9.59 Å². The van der Waals surface area contributed by atoms with Crippen molar-refractivity contribution in [1.82, 2.24) is 4.98 Å². The zero-order valence-electron chi connectivity index (χ0n) is 12.7. The number of anilines is 1. The van der Waals surface area contributed by atoms with Crippen molar-refractivity contribution in [2.75, 3.05) is 11.9 Å². The number of nitrogens with one attached hydrogen (secondary N) is 1. The molecule has 0 unspecified atom stereocenters. The minimum absolute atomic E-state index is 0.0928. The largest absolute Gasteiger partial charge is 0.476 e. The highest BCUT2D eigenvalue weighted by Crippen LogP contribution is 2.24. The highest BCUT2D eigenvalue weighted by molar-refractivity contribution is 5.95. The molecule has 0 bridgehead atoms. The topological polar surface area (TPSA) is 137 Å². The molecule has 9 heteroatoms. The number of hydrogen-bond acceptors (Lipinski definition) is 6. The molecule has 9 nitrogen and oxygen atoms in total. The lowest BCUT2D eigenvalue weighted by molar-refractivity contribution is -0.390. The SMILES string of the molecule is Cc1ccc(OCC(=O)Nc2ccc(C(N)=O)cc2)c([N+](=O)[O-])n1. The maximum absolute atomic E-state index is 11.8. The Labute approximate surface area is 136 Å². The van der Waals surface area contributed by atoms with Crippen LogP contribution in [0.15, 0.2) is 36.4 Å². The number of rotatable bonds is 6. The van der Waals surface area contributed by atoms with E-state index in [9.17, 15) is 19.7 Å². The monoisotopic (exact) mass is 330 g/mol. The van der Waals surface area contributed by atoms with Gasteiger partial charge in [0.05, 0.1) is 0 Å². The third-order valence-corrected chi connectivity index (χ3v) is 2.96. The number of benzene rings is 1. The molecular formula is C15H14N4O5. The molecule has 0 saturated heterocycles. The van der Waals surface area contributed by atoms with Gasteiger partial charge in [0.25, 0.3) is 5.91 Å². The van der Waals surface area contributed by atoms with Crippen molar-refractivity contribution in [1.29, 1.82) is 0 Å². The molecule has 1 aromatic heterocycles. The van der Waals surface area contributed by atoms with Crippen molar-refractivity contribution in [2.24, 2.45) is 5.73 Å². The van der Waals surface area contributed by atoms with Crippen LogP contribution in [0.5, 0.6) is 5.75 Å². The first-order chi connectivity index (χ1) is 11.4. The molecule has 24 heavy (non-hydrogen) atoms. The van der Waals surface area contributed by atoms with Crippen LogP contribution >= 0.6 is 0 Å². The number of carbonyl (C=O) groups is 2. The van der Waals surface area contributed by atoms with Gasteiger partial charge in [0, 0.05) is 18.2 Å².